The molecule has 2 N–H and O–H groups in total. The maximum Gasteiger partial charge on any atom is 4.00 e. The average molecular weight is 639 g/mol. The van der Waals surface area contributed by atoms with Gasteiger partial charge < -0.3 is 24.4 Å². The molecule has 238 valence electrons. The summed E-state index contributed by atoms with van der Waals surface area (Å²) in [6, 6.07) is 20.9. The minimum atomic E-state index is -0.156. The molecule has 0 atom stereocenters. The van der Waals surface area contributed by atoms with Crippen molar-refractivity contribution in [2.75, 3.05) is 19.8 Å². The number of benzene rings is 3. The molecule has 3 aromatic carbocycles. The van der Waals surface area contributed by atoms with Crippen molar-refractivity contribution in [3.63, 3.8) is 0 Å². The first kappa shape index (κ1) is 37.9. The summed E-state index contributed by atoms with van der Waals surface area (Å²) in [5.74, 6) is 0.576. The Morgan fingerprint density at radius 3 is 1.16 bits per heavy atom. The van der Waals surface area contributed by atoms with Gasteiger partial charge in [-0.25, -0.2) is 19.8 Å². The normalized spacial score (nSPS) is 16.0. The van der Waals surface area contributed by atoms with Crippen molar-refractivity contribution in [2.24, 2.45) is 0 Å². The van der Waals surface area contributed by atoms with Crippen LogP contribution in [0.25, 0.3) is 22.3 Å². The van der Waals surface area contributed by atoms with Crippen LogP contribution < -0.4 is 0 Å². The van der Waals surface area contributed by atoms with Gasteiger partial charge in [0.2, 0.25) is 0 Å². The van der Waals surface area contributed by atoms with Gasteiger partial charge in [-0.3, -0.25) is 0 Å². The van der Waals surface area contributed by atoms with Crippen molar-refractivity contribution in [3.8, 4) is 33.8 Å². The monoisotopic (exact) mass is 638 g/mol. The predicted molar refractivity (Wildman–Crippen MR) is 175 cm³/mol. The fourth-order valence-corrected chi connectivity index (χ4v) is 4.77. The standard InChI is InChI=1S/C26H29O2.3C4H7O.Cr/c1-25(2,3)21-14-8-12-19(23(21)27)17-10-7-11-18(16-17)20-13-9-15-22(24(20)28)26(4,5)6;3*1-2-4-5-3-1;/h7-15,27-28H,1-6H3;3*3H,1-2,4H2;/q4*-1;+4. The van der Waals surface area contributed by atoms with Gasteiger partial charge in [0.25, 0.3) is 0 Å². The molecule has 0 saturated carbocycles. The summed E-state index contributed by atoms with van der Waals surface area (Å²) < 4.78 is 14.5. The van der Waals surface area contributed by atoms with Crippen LogP contribution in [-0.2, 0) is 42.4 Å². The molecule has 5 nitrogen and oxygen atoms in total. The Morgan fingerprint density at radius 1 is 0.568 bits per heavy atom. The molecule has 0 bridgehead atoms. The van der Waals surface area contributed by atoms with Crippen molar-refractivity contribution >= 4 is 0 Å². The second-order valence-electron chi connectivity index (χ2n) is 12.9. The Hall–Kier alpha value is -2.33. The fraction of sp³-hybridized carbons (Fsp3) is 0.447. The summed E-state index contributed by atoms with van der Waals surface area (Å²) in [5.41, 5.74) is 4.61. The van der Waals surface area contributed by atoms with Crippen LogP contribution in [0.1, 0.15) is 91.2 Å². The van der Waals surface area contributed by atoms with Crippen molar-refractivity contribution in [3.05, 3.63) is 91.6 Å². The minimum absolute atomic E-state index is 0. The van der Waals surface area contributed by atoms with E-state index in [0.29, 0.717) is 0 Å². The van der Waals surface area contributed by atoms with E-state index in [4.69, 9.17) is 14.2 Å². The zero-order valence-corrected chi connectivity index (χ0v) is 28.6. The topological polar surface area (TPSA) is 68.2 Å². The molecule has 44 heavy (non-hydrogen) atoms. The number of rotatable bonds is 2. The SMILES string of the molecule is CC(C)(C)c1cccc(-c2[c-]c(-c3cccc(C(C)(C)C)c3O)ccc2)c1O.[CH-]1CCCO1.[CH-]1CCCO1.[CH-]1CCCO1.[Cr+4]. The molecule has 3 aliphatic rings. The molecule has 3 fully saturated rings. The largest absolute Gasteiger partial charge is 4.00 e. The Morgan fingerprint density at radius 2 is 0.909 bits per heavy atom. The molecular formula is C38H50CrO5. The number of hydrogen-bond acceptors (Lipinski definition) is 5. The molecular weight excluding hydrogens is 588 g/mol. The van der Waals surface area contributed by atoms with E-state index in [1.165, 1.54) is 19.3 Å². The van der Waals surface area contributed by atoms with Crippen LogP contribution in [0, 0.1) is 25.9 Å². The first-order chi connectivity index (χ1) is 20.5. The van der Waals surface area contributed by atoms with E-state index < -0.39 is 0 Å². The zero-order chi connectivity index (χ0) is 31.3. The van der Waals surface area contributed by atoms with Crippen LogP contribution in [-0.4, -0.2) is 30.0 Å². The van der Waals surface area contributed by atoms with Crippen molar-refractivity contribution in [1.29, 1.82) is 0 Å². The Kier molecular flexibility index (Phi) is 16.0. The summed E-state index contributed by atoms with van der Waals surface area (Å²) in [7, 11) is 0. The molecule has 0 amide bonds. The van der Waals surface area contributed by atoms with Gasteiger partial charge in [0, 0.05) is 19.8 Å². The number of aromatic hydroxyl groups is 2. The van der Waals surface area contributed by atoms with Gasteiger partial charge in [-0.1, -0.05) is 97.2 Å². The molecule has 0 radical (unpaired) electrons. The van der Waals surface area contributed by atoms with Gasteiger partial charge in [0.1, 0.15) is 0 Å². The van der Waals surface area contributed by atoms with Crippen LogP contribution in [0.5, 0.6) is 11.5 Å². The Balaban J connectivity index is 0.000000339. The summed E-state index contributed by atoms with van der Waals surface area (Å²) in [6.45, 7) is 20.9. The van der Waals surface area contributed by atoms with E-state index in [-0.39, 0.29) is 39.7 Å². The van der Waals surface area contributed by atoms with Crippen molar-refractivity contribution in [2.45, 2.75) is 90.9 Å². The molecule has 3 aliphatic heterocycles. The number of hydrogen-bond donors (Lipinski definition) is 2. The number of para-hydroxylation sites is 2. The van der Waals surface area contributed by atoms with Crippen LogP contribution in [0.4, 0.5) is 0 Å². The quantitative estimate of drug-likeness (QED) is 0.274. The molecule has 3 saturated heterocycles. The molecule has 0 aliphatic carbocycles. The Labute approximate surface area is 277 Å². The summed E-state index contributed by atoms with van der Waals surface area (Å²) in [6.07, 6.45) is 7.12. The van der Waals surface area contributed by atoms with Crippen LogP contribution in [0.3, 0.4) is 0 Å². The molecule has 0 unspecified atom stereocenters. The molecule has 0 aromatic heterocycles. The van der Waals surface area contributed by atoms with E-state index in [9.17, 15) is 10.2 Å². The first-order valence-electron chi connectivity index (χ1n) is 15.5. The van der Waals surface area contributed by atoms with Gasteiger partial charge in [-0.15, -0.1) is 35.4 Å². The maximum absolute atomic E-state index is 10.9. The van der Waals surface area contributed by atoms with Gasteiger partial charge in [-0.2, -0.15) is 19.3 Å². The number of ether oxygens (including phenoxy) is 3. The summed E-state index contributed by atoms with van der Waals surface area (Å²) >= 11 is 0. The van der Waals surface area contributed by atoms with Gasteiger partial charge >= 0.3 is 17.4 Å². The number of phenols is 2. The van der Waals surface area contributed by atoms with Crippen molar-refractivity contribution < 1.29 is 41.8 Å². The minimum Gasteiger partial charge on any atom is -0.552 e. The summed E-state index contributed by atoms with van der Waals surface area (Å²) in [5, 5.41) is 21.8. The van der Waals surface area contributed by atoms with Crippen LogP contribution in [0.2, 0.25) is 0 Å². The van der Waals surface area contributed by atoms with Gasteiger partial charge in [0.15, 0.2) is 0 Å². The predicted octanol–water partition coefficient (Wildman–Crippen LogP) is 9.70. The fourth-order valence-electron chi connectivity index (χ4n) is 4.77. The van der Waals surface area contributed by atoms with E-state index >= 15 is 0 Å². The zero-order valence-electron chi connectivity index (χ0n) is 27.3. The molecule has 6 heteroatoms. The average Bonchev–Trinajstić information content (AvgIpc) is 3.80. The molecule has 0 spiro atoms. The Bertz CT molecular complexity index is 1120. The van der Waals surface area contributed by atoms with Gasteiger partial charge in [0.05, 0.1) is 11.5 Å². The van der Waals surface area contributed by atoms with E-state index in [0.717, 1.165) is 72.5 Å². The smallest absolute Gasteiger partial charge is 0.552 e. The van der Waals surface area contributed by atoms with Crippen LogP contribution in [0.15, 0.2) is 54.6 Å². The first-order valence-corrected chi connectivity index (χ1v) is 15.5. The third-order valence-electron chi connectivity index (χ3n) is 7.17. The van der Waals surface area contributed by atoms with E-state index in [1.807, 2.05) is 74.4 Å². The summed E-state index contributed by atoms with van der Waals surface area (Å²) in [4.78, 5) is 0. The third-order valence-corrected chi connectivity index (χ3v) is 7.17. The third kappa shape index (κ3) is 11.9. The number of phenolic OH excluding ortho intramolecular Hbond substituents is 2. The van der Waals surface area contributed by atoms with E-state index in [1.54, 1.807) is 0 Å². The maximum atomic E-state index is 10.9. The molecule has 3 aromatic rings. The molecule has 3 heterocycles. The second-order valence-corrected chi connectivity index (χ2v) is 12.9. The molecule has 6 rings (SSSR count). The van der Waals surface area contributed by atoms with E-state index in [2.05, 4.69) is 47.6 Å². The second kappa shape index (κ2) is 18.6. The van der Waals surface area contributed by atoms with Crippen LogP contribution >= 0.6 is 0 Å². The van der Waals surface area contributed by atoms with Gasteiger partial charge in [-0.05, 0) is 33.1 Å². The van der Waals surface area contributed by atoms with Crippen molar-refractivity contribution in [1.82, 2.24) is 0 Å².